The summed E-state index contributed by atoms with van der Waals surface area (Å²) in [5.74, 6) is 0. The summed E-state index contributed by atoms with van der Waals surface area (Å²) >= 11 is 0. The van der Waals surface area contributed by atoms with E-state index < -0.39 is 0 Å². The van der Waals surface area contributed by atoms with Crippen LogP contribution in [-0.4, -0.2) is 9.55 Å². The van der Waals surface area contributed by atoms with Crippen molar-refractivity contribution in [2.24, 2.45) is 0 Å². The number of para-hydroxylation sites is 1. The molecule has 0 fully saturated rings. The predicted octanol–water partition coefficient (Wildman–Crippen LogP) is 1.55. The van der Waals surface area contributed by atoms with Crippen LogP contribution >= 0.6 is 0 Å². The Bertz CT molecular complexity index is 809. The quantitative estimate of drug-likeness (QED) is 0.688. The van der Waals surface area contributed by atoms with E-state index in [0.717, 1.165) is 0 Å². The minimum atomic E-state index is -0.352. The molecule has 3 rings (SSSR count). The van der Waals surface area contributed by atoms with Gasteiger partial charge in [-0.15, -0.1) is 0 Å². The van der Waals surface area contributed by atoms with Gasteiger partial charge in [-0.2, -0.15) is 0 Å². The van der Waals surface area contributed by atoms with Crippen molar-refractivity contribution in [3.05, 3.63) is 59.0 Å². The van der Waals surface area contributed by atoms with Crippen LogP contribution in [0, 0.1) is 0 Å². The van der Waals surface area contributed by atoms with Crippen LogP contribution in [0.2, 0.25) is 0 Å². The number of rotatable bonds is 1. The van der Waals surface area contributed by atoms with Gasteiger partial charge in [0.25, 0.3) is 5.56 Å². The van der Waals surface area contributed by atoms with E-state index in [1.165, 1.54) is 4.57 Å². The number of hydrogen-bond acceptors (Lipinski definition) is 4. The second kappa shape index (κ2) is 4.13. The summed E-state index contributed by atoms with van der Waals surface area (Å²) in [6.45, 7) is 0. The smallest absolute Gasteiger partial charge is 0.282 e. The van der Waals surface area contributed by atoms with E-state index in [1.54, 1.807) is 18.3 Å². The van der Waals surface area contributed by atoms with Crippen molar-refractivity contribution >= 4 is 22.4 Å². The fourth-order valence-corrected chi connectivity index (χ4v) is 2.08. The Labute approximate surface area is 109 Å². The highest BCUT2D eigenvalue weighted by atomic mass is 16.1. The highest BCUT2D eigenvalue weighted by molar-refractivity contribution is 5.94. The third-order valence-electron chi connectivity index (χ3n) is 3.03. The lowest BCUT2D eigenvalue weighted by atomic mass is 10.2. The normalized spacial score (nSPS) is 10.7. The van der Waals surface area contributed by atoms with Gasteiger partial charge in [0.2, 0.25) is 0 Å². The van der Waals surface area contributed by atoms with E-state index in [2.05, 4.69) is 4.98 Å². The van der Waals surface area contributed by atoms with Crippen molar-refractivity contribution in [3.8, 4) is 5.69 Å². The maximum Gasteiger partial charge on any atom is 0.282 e. The maximum atomic E-state index is 12.3. The summed E-state index contributed by atoms with van der Waals surface area (Å²) in [5, 5.41) is 0.670. The molecule has 2 heterocycles. The summed E-state index contributed by atoms with van der Waals surface area (Å²) in [4.78, 5) is 16.6. The van der Waals surface area contributed by atoms with E-state index in [1.807, 2.05) is 30.3 Å². The first kappa shape index (κ1) is 11.3. The molecule has 0 unspecified atom stereocenters. The summed E-state index contributed by atoms with van der Waals surface area (Å²) < 4.78 is 1.47. The molecular formula is C14H12N4O. The van der Waals surface area contributed by atoms with Crippen LogP contribution < -0.4 is 17.0 Å². The van der Waals surface area contributed by atoms with E-state index in [0.29, 0.717) is 16.7 Å². The predicted molar refractivity (Wildman–Crippen MR) is 76.2 cm³/mol. The van der Waals surface area contributed by atoms with Crippen LogP contribution in [0.4, 0.5) is 11.4 Å². The van der Waals surface area contributed by atoms with Crippen LogP contribution in [0.3, 0.4) is 0 Å². The zero-order valence-electron chi connectivity index (χ0n) is 10.1. The average molecular weight is 252 g/mol. The number of nitrogens with two attached hydrogens (primary N) is 2. The first-order chi connectivity index (χ1) is 9.20. The maximum absolute atomic E-state index is 12.3. The van der Waals surface area contributed by atoms with E-state index in [-0.39, 0.29) is 16.9 Å². The molecule has 0 aliphatic rings. The third-order valence-corrected chi connectivity index (χ3v) is 3.03. The number of anilines is 2. The molecule has 0 aliphatic heterocycles. The van der Waals surface area contributed by atoms with Crippen molar-refractivity contribution < 1.29 is 0 Å². The molecule has 0 saturated heterocycles. The Kier molecular flexibility index (Phi) is 2.45. The van der Waals surface area contributed by atoms with Gasteiger partial charge < -0.3 is 11.5 Å². The van der Waals surface area contributed by atoms with Gasteiger partial charge in [-0.1, -0.05) is 18.2 Å². The number of fused-ring (bicyclic) bond motifs is 1. The van der Waals surface area contributed by atoms with Crippen LogP contribution in [0.15, 0.2) is 53.5 Å². The lowest BCUT2D eigenvalue weighted by Crippen LogP contribution is -2.24. The van der Waals surface area contributed by atoms with E-state index >= 15 is 0 Å². The van der Waals surface area contributed by atoms with Crippen LogP contribution in [0.1, 0.15) is 0 Å². The molecule has 0 aliphatic carbocycles. The number of aromatic nitrogens is 2. The summed E-state index contributed by atoms with van der Waals surface area (Å²) in [5.41, 5.74) is 12.9. The molecule has 2 aromatic heterocycles. The van der Waals surface area contributed by atoms with Gasteiger partial charge in [0.1, 0.15) is 11.3 Å². The first-order valence-corrected chi connectivity index (χ1v) is 5.80. The number of hydrogen-bond donors (Lipinski definition) is 2. The van der Waals surface area contributed by atoms with Crippen LogP contribution in [0.5, 0.6) is 0 Å². The number of nitrogen functional groups attached to an aromatic ring is 2. The highest BCUT2D eigenvalue weighted by Crippen LogP contribution is 2.23. The SMILES string of the molecule is Nc1c(N)c2cccnc2n(-c2ccccc2)c1=O. The number of pyridine rings is 2. The fraction of sp³-hybridized carbons (Fsp3) is 0. The van der Waals surface area contributed by atoms with Gasteiger partial charge in [0, 0.05) is 11.6 Å². The Morgan fingerprint density at radius 1 is 0.947 bits per heavy atom. The van der Waals surface area contributed by atoms with Crippen molar-refractivity contribution in [1.82, 2.24) is 9.55 Å². The standard InChI is InChI=1S/C14H12N4O/c15-11-10-7-4-8-17-13(10)18(14(19)12(11)16)9-5-2-1-3-6-9/h1-8H,15-16H2. The van der Waals surface area contributed by atoms with Gasteiger partial charge in [-0.25, -0.2) is 4.98 Å². The largest absolute Gasteiger partial charge is 0.396 e. The molecule has 94 valence electrons. The van der Waals surface area contributed by atoms with Crippen molar-refractivity contribution in [3.63, 3.8) is 0 Å². The van der Waals surface area contributed by atoms with Crippen LogP contribution in [-0.2, 0) is 0 Å². The molecule has 5 nitrogen and oxygen atoms in total. The van der Waals surface area contributed by atoms with Gasteiger partial charge in [-0.3, -0.25) is 9.36 Å². The molecular weight excluding hydrogens is 240 g/mol. The summed E-state index contributed by atoms with van der Waals surface area (Å²) in [7, 11) is 0. The monoisotopic (exact) mass is 252 g/mol. The van der Waals surface area contributed by atoms with Gasteiger partial charge in [-0.05, 0) is 24.3 Å². The first-order valence-electron chi connectivity index (χ1n) is 5.80. The Hall–Kier alpha value is -2.82. The van der Waals surface area contributed by atoms with Crippen LogP contribution in [0.25, 0.3) is 16.7 Å². The second-order valence-corrected chi connectivity index (χ2v) is 4.18. The molecule has 5 heteroatoms. The summed E-state index contributed by atoms with van der Waals surface area (Å²) in [6.07, 6.45) is 1.62. The number of nitrogens with zero attached hydrogens (tertiary/aromatic N) is 2. The lowest BCUT2D eigenvalue weighted by molar-refractivity contribution is 1.02. The number of benzene rings is 1. The Morgan fingerprint density at radius 3 is 2.42 bits per heavy atom. The molecule has 0 spiro atoms. The second-order valence-electron chi connectivity index (χ2n) is 4.18. The molecule has 19 heavy (non-hydrogen) atoms. The Balaban J connectivity index is 2.52. The van der Waals surface area contributed by atoms with Gasteiger partial charge in [0.15, 0.2) is 0 Å². The molecule has 0 radical (unpaired) electrons. The molecule has 0 atom stereocenters. The minimum Gasteiger partial charge on any atom is -0.396 e. The van der Waals surface area contributed by atoms with Crippen molar-refractivity contribution in [2.75, 3.05) is 11.5 Å². The molecule has 0 saturated carbocycles. The average Bonchev–Trinajstić information content (AvgIpc) is 2.46. The summed E-state index contributed by atoms with van der Waals surface area (Å²) in [6, 6.07) is 12.8. The van der Waals surface area contributed by atoms with Gasteiger partial charge in [0.05, 0.1) is 11.4 Å². The Morgan fingerprint density at radius 2 is 1.68 bits per heavy atom. The third kappa shape index (κ3) is 1.63. The lowest BCUT2D eigenvalue weighted by Gasteiger charge is -2.12. The topological polar surface area (TPSA) is 86.9 Å². The van der Waals surface area contributed by atoms with Crippen molar-refractivity contribution in [1.29, 1.82) is 0 Å². The molecule has 0 bridgehead atoms. The molecule has 3 aromatic rings. The van der Waals surface area contributed by atoms with E-state index in [9.17, 15) is 4.79 Å². The zero-order valence-corrected chi connectivity index (χ0v) is 10.1. The highest BCUT2D eigenvalue weighted by Gasteiger charge is 2.13. The molecule has 4 N–H and O–H groups in total. The van der Waals surface area contributed by atoms with Gasteiger partial charge >= 0.3 is 0 Å². The molecule has 0 amide bonds. The molecule has 1 aromatic carbocycles. The van der Waals surface area contributed by atoms with E-state index in [4.69, 9.17) is 11.5 Å². The zero-order chi connectivity index (χ0) is 13.4. The fourth-order valence-electron chi connectivity index (χ4n) is 2.08. The van der Waals surface area contributed by atoms with Crippen molar-refractivity contribution in [2.45, 2.75) is 0 Å². The minimum absolute atomic E-state index is 0.0457.